The van der Waals surface area contributed by atoms with Crippen LogP contribution in [-0.4, -0.2) is 17.7 Å². The third-order valence-electron chi connectivity index (χ3n) is 3.47. The van der Waals surface area contributed by atoms with E-state index >= 15 is 0 Å². The van der Waals surface area contributed by atoms with Crippen molar-refractivity contribution in [1.82, 2.24) is 5.32 Å². The molecule has 1 aliphatic rings. The van der Waals surface area contributed by atoms with E-state index in [9.17, 15) is 4.79 Å². The largest absolute Gasteiger partial charge is 0.444 e. The topological polar surface area (TPSA) is 38.3 Å². The molecular weight excluding hydrogens is 238 g/mol. The SMILES string of the molecule is CC(C)(C)C[C@H]1CC[C@H](NC(=O)OC(C)(C)C)CC1. The summed E-state index contributed by atoms with van der Waals surface area (Å²) in [6.07, 6.45) is 5.62. The van der Waals surface area contributed by atoms with Crippen molar-refractivity contribution in [3.63, 3.8) is 0 Å². The number of hydrogen-bond donors (Lipinski definition) is 1. The van der Waals surface area contributed by atoms with Crippen molar-refractivity contribution >= 4 is 6.09 Å². The average Bonchev–Trinajstić information content (AvgIpc) is 2.15. The molecule has 0 spiro atoms. The molecule has 112 valence electrons. The van der Waals surface area contributed by atoms with Crippen LogP contribution in [0.3, 0.4) is 0 Å². The zero-order valence-corrected chi connectivity index (χ0v) is 13.5. The van der Waals surface area contributed by atoms with Gasteiger partial charge < -0.3 is 10.1 Å². The van der Waals surface area contributed by atoms with E-state index in [1.807, 2.05) is 20.8 Å². The highest BCUT2D eigenvalue weighted by Crippen LogP contribution is 2.34. The summed E-state index contributed by atoms with van der Waals surface area (Å²) in [4.78, 5) is 11.7. The molecule has 1 fully saturated rings. The quantitative estimate of drug-likeness (QED) is 0.801. The minimum atomic E-state index is -0.409. The maximum absolute atomic E-state index is 11.7. The number of rotatable bonds is 2. The number of hydrogen-bond acceptors (Lipinski definition) is 2. The molecule has 3 nitrogen and oxygen atoms in total. The van der Waals surface area contributed by atoms with Crippen molar-refractivity contribution in [2.24, 2.45) is 11.3 Å². The van der Waals surface area contributed by atoms with Gasteiger partial charge in [-0.25, -0.2) is 4.79 Å². The Morgan fingerprint density at radius 3 is 2.00 bits per heavy atom. The first-order valence-electron chi connectivity index (χ1n) is 7.55. The molecule has 1 amide bonds. The van der Waals surface area contributed by atoms with Crippen LogP contribution >= 0.6 is 0 Å². The van der Waals surface area contributed by atoms with Crippen LogP contribution in [0, 0.1) is 11.3 Å². The van der Waals surface area contributed by atoms with Crippen LogP contribution in [0.4, 0.5) is 4.79 Å². The first-order chi connectivity index (χ1) is 8.55. The number of ether oxygens (including phenoxy) is 1. The van der Waals surface area contributed by atoms with Gasteiger partial charge in [0.1, 0.15) is 5.60 Å². The molecule has 1 saturated carbocycles. The number of nitrogens with one attached hydrogen (secondary N) is 1. The van der Waals surface area contributed by atoms with Crippen molar-refractivity contribution in [2.75, 3.05) is 0 Å². The lowest BCUT2D eigenvalue weighted by atomic mass is 9.76. The van der Waals surface area contributed by atoms with Crippen molar-refractivity contribution in [3.05, 3.63) is 0 Å². The Labute approximate surface area is 118 Å². The van der Waals surface area contributed by atoms with E-state index < -0.39 is 5.60 Å². The van der Waals surface area contributed by atoms with Gasteiger partial charge in [-0.15, -0.1) is 0 Å². The minimum Gasteiger partial charge on any atom is -0.444 e. The van der Waals surface area contributed by atoms with Gasteiger partial charge >= 0.3 is 6.09 Å². The fourth-order valence-electron chi connectivity index (χ4n) is 2.85. The fourth-order valence-corrected chi connectivity index (χ4v) is 2.85. The molecule has 0 aromatic rings. The Hall–Kier alpha value is -0.730. The summed E-state index contributed by atoms with van der Waals surface area (Å²) >= 11 is 0. The van der Waals surface area contributed by atoms with Crippen molar-refractivity contribution in [2.45, 2.75) is 85.3 Å². The van der Waals surface area contributed by atoms with E-state index in [0.717, 1.165) is 18.8 Å². The fraction of sp³-hybridized carbons (Fsp3) is 0.938. The zero-order valence-electron chi connectivity index (χ0n) is 13.5. The highest BCUT2D eigenvalue weighted by molar-refractivity contribution is 5.68. The summed E-state index contributed by atoms with van der Waals surface area (Å²) in [5, 5.41) is 3.00. The molecule has 0 saturated heterocycles. The van der Waals surface area contributed by atoms with Gasteiger partial charge in [0.25, 0.3) is 0 Å². The summed E-state index contributed by atoms with van der Waals surface area (Å²) < 4.78 is 5.30. The molecule has 19 heavy (non-hydrogen) atoms. The molecule has 1 N–H and O–H groups in total. The molecular formula is C16H31NO2. The number of amides is 1. The van der Waals surface area contributed by atoms with Gasteiger partial charge in [0.15, 0.2) is 0 Å². The summed E-state index contributed by atoms with van der Waals surface area (Å²) in [6, 6.07) is 0.297. The zero-order chi connectivity index (χ0) is 14.7. The van der Waals surface area contributed by atoms with Crippen LogP contribution in [0.5, 0.6) is 0 Å². The van der Waals surface area contributed by atoms with Crippen LogP contribution in [0.25, 0.3) is 0 Å². The standard InChI is InChI=1S/C16H31NO2/c1-15(2,3)11-12-7-9-13(10-8-12)17-14(18)19-16(4,5)6/h12-13H,7-11H2,1-6H3,(H,17,18)/t12-,13-. The van der Waals surface area contributed by atoms with Crippen LogP contribution in [0.15, 0.2) is 0 Å². The van der Waals surface area contributed by atoms with Crippen LogP contribution in [0.2, 0.25) is 0 Å². The monoisotopic (exact) mass is 269 g/mol. The lowest BCUT2D eigenvalue weighted by Gasteiger charge is -2.33. The molecule has 0 aromatic heterocycles. The molecule has 1 rings (SSSR count). The first-order valence-corrected chi connectivity index (χ1v) is 7.55. The second-order valence-corrected chi connectivity index (χ2v) is 8.13. The Bertz CT molecular complexity index is 291. The van der Waals surface area contributed by atoms with E-state index in [2.05, 4.69) is 26.1 Å². The highest BCUT2D eigenvalue weighted by atomic mass is 16.6. The summed E-state index contributed by atoms with van der Waals surface area (Å²) in [5.74, 6) is 0.816. The Morgan fingerprint density at radius 1 is 1.05 bits per heavy atom. The van der Waals surface area contributed by atoms with E-state index in [1.54, 1.807) is 0 Å². The maximum atomic E-state index is 11.7. The van der Waals surface area contributed by atoms with E-state index in [-0.39, 0.29) is 6.09 Å². The van der Waals surface area contributed by atoms with Gasteiger partial charge in [-0.1, -0.05) is 20.8 Å². The molecule has 0 atom stereocenters. The van der Waals surface area contributed by atoms with Gasteiger partial charge in [0, 0.05) is 6.04 Å². The molecule has 0 heterocycles. The first kappa shape index (κ1) is 16.3. The Morgan fingerprint density at radius 2 is 1.58 bits per heavy atom. The van der Waals surface area contributed by atoms with Gasteiger partial charge in [0.05, 0.1) is 0 Å². The number of alkyl carbamates (subject to hydrolysis) is 1. The normalized spacial score (nSPS) is 24.9. The Kier molecular flexibility index (Phi) is 5.28. The second-order valence-electron chi connectivity index (χ2n) is 8.13. The van der Waals surface area contributed by atoms with Crippen LogP contribution in [0.1, 0.15) is 73.6 Å². The molecule has 3 heteroatoms. The molecule has 1 aliphatic carbocycles. The minimum absolute atomic E-state index is 0.272. The van der Waals surface area contributed by atoms with Gasteiger partial charge in [0.2, 0.25) is 0 Å². The molecule has 0 bridgehead atoms. The van der Waals surface area contributed by atoms with Crippen LogP contribution < -0.4 is 5.32 Å². The summed E-state index contributed by atoms with van der Waals surface area (Å²) in [6.45, 7) is 12.6. The van der Waals surface area contributed by atoms with Crippen molar-refractivity contribution in [1.29, 1.82) is 0 Å². The third kappa shape index (κ3) is 7.44. The molecule has 0 aliphatic heterocycles. The van der Waals surface area contributed by atoms with Crippen molar-refractivity contribution in [3.8, 4) is 0 Å². The Balaban J connectivity index is 2.29. The number of carbonyl (C=O) groups is 1. The predicted octanol–water partition coefficient (Wildman–Crippen LogP) is 4.51. The third-order valence-corrected chi connectivity index (χ3v) is 3.47. The van der Waals surface area contributed by atoms with Crippen LogP contribution in [-0.2, 0) is 4.74 Å². The van der Waals surface area contributed by atoms with E-state index in [0.29, 0.717) is 11.5 Å². The number of carbonyl (C=O) groups excluding carboxylic acids is 1. The second kappa shape index (κ2) is 6.15. The summed E-state index contributed by atoms with van der Waals surface area (Å²) in [7, 11) is 0. The van der Waals surface area contributed by atoms with Gasteiger partial charge in [-0.05, 0) is 64.2 Å². The van der Waals surface area contributed by atoms with Gasteiger partial charge in [-0.3, -0.25) is 0 Å². The van der Waals surface area contributed by atoms with E-state index in [1.165, 1.54) is 19.3 Å². The predicted molar refractivity (Wildman–Crippen MR) is 79.2 cm³/mol. The molecule has 0 radical (unpaired) electrons. The lowest BCUT2D eigenvalue weighted by Crippen LogP contribution is -2.41. The maximum Gasteiger partial charge on any atom is 0.407 e. The highest BCUT2D eigenvalue weighted by Gasteiger charge is 2.27. The van der Waals surface area contributed by atoms with Crippen molar-refractivity contribution < 1.29 is 9.53 Å². The van der Waals surface area contributed by atoms with Gasteiger partial charge in [-0.2, -0.15) is 0 Å². The average molecular weight is 269 g/mol. The molecule has 0 aromatic carbocycles. The lowest BCUT2D eigenvalue weighted by molar-refractivity contribution is 0.0483. The summed E-state index contributed by atoms with van der Waals surface area (Å²) in [5.41, 5.74) is 0.00359. The smallest absolute Gasteiger partial charge is 0.407 e. The molecule has 0 unspecified atom stereocenters. The van der Waals surface area contributed by atoms with E-state index in [4.69, 9.17) is 4.74 Å².